The molecule has 0 spiro atoms. The van der Waals surface area contributed by atoms with Crippen molar-refractivity contribution in [3.63, 3.8) is 0 Å². The van der Waals surface area contributed by atoms with Gasteiger partial charge in [-0.1, -0.05) is 0 Å². The van der Waals surface area contributed by atoms with Gasteiger partial charge in [0.2, 0.25) is 5.91 Å². The summed E-state index contributed by atoms with van der Waals surface area (Å²) >= 11 is 1.73. The summed E-state index contributed by atoms with van der Waals surface area (Å²) in [5, 5.41) is 5.45. The molecule has 1 aliphatic heterocycles. The third-order valence-electron chi connectivity index (χ3n) is 3.36. The van der Waals surface area contributed by atoms with Gasteiger partial charge < -0.3 is 10.2 Å². The van der Waals surface area contributed by atoms with Crippen molar-refractivity contribution in [2.75, 3.05) is 13.6 Å². The molecular formula is C13H20N2OS. The van der Waals surface area contributed by atoms with Gasteiger partial charge in [-0.25, -0.2) is 0 Å². The van der Waals surface area contributed by atoms with Crippen LogP contribution in [0, 0.1) is 6.92 Å². The van der Waals surface area contributed by atoms with Crippen molar-refractivity contribution >= 4 is 17.2 Å². The van der Waals surface area contributed by atoms with E-state index < -0.39 is 0 Å². The number of hydrogen-bond donors (Lipinski definition) is 1. The van der Waals surface area contributed by atoms with Gasteiger partial charge in [-0.05, 0) is 43.3 Å². The standard InChI is InChI=1S/C13H20N2OS/c1-10-5-7-17-12(10)9-15(2)13(16)8-11-4-3-6-14-11/h5,7,11,14H,3-4,6,8-9H2,1-2H3. The second kappa shape index (κ2) is 5.65. The number of amides is 1. The molecule has 0 saturated carbocycles. The molecule has 1 amide bonds. The summed E-state index contributed by atoms with van der Waals surface area (Å²) in [4.78, 5) is 15.2. The van der Waals surface area contributed by atoms with Gasteiger partial charge in [-0.15, -0.1) is 11.3 Å². The smallest absolute Gasteiger partial charge is 0.224 e. The van der Waals surface area contributed by atoms with Crippen molar-refractivity contribution in [3.8, 4) is 0 Å². The summed E-state index contributed by atoms with van der Waals surface area (Å²) in [6.07, 6.45) is 2.98. The SMILES string of the molecule is Cc1ccsc1CN(C)C(=O)CC1CCCN1. The van der Waals surface area contributed by atoms with Crippen LogP contribution < -0.4 is 5.32 Å². The molecule has 1 aliphatic rings. The van der Waals surface area contributed by atoms with E-state index in [1.54, 1.807) is 11.3 Å². The molecule has 1 aromatic rings. The van der Waals surface area contributed by atoms with Gasteiger partial charge in [0.1, 0.15) is 0 Å². The van der Waals surface area contributed by atoms with Crippen molar-refractivity contribution < 1.29 is 4.79 Å². The van der Waals surface area contributed by atoms with Gasteiger partial charge in [0.05, 0.1) is 6.54 Å². The molecule has 1 N–H and O–H groups in total. The maximum atomic E-state index is 12.0. The van der Waals surface area contributed by atoms with E-state index in [-0.39, 0.29) is 5.91 Å². The number of nitrogens with zero attached hydrogens (tertiary/aromatic N) is 1. The molecule has 17 heavy (non-hydrogen) atoms. The molecule has 3 nitrogen and oxygen atoms in total. The predicted octanol–water partition coefficient (Wildman–Crippen LogP) is 2.16. The molecule has 4 heteroatoms. The van der Waals surface area contributed by atoms with E-state index >= 15 is 0 Å². The topological polar surface area (TPSA) is 32.3 Å². The van der Waals surface area contributed by atoms with Gasteiger partial charge in [0, 0.05) is 24.4 Å². The van der Waals surface area contributed by atoms with Crippen molar-refractivity contribution in [3.05, 3.63) is 21.9 Å². The van der Waals surface area contributed by atoms with Crippen LogP contribution in [0.25, 0.3) is 0 Å². The van der Waals surface area contributed by atoms with E-state index in [0.29, 0.717) is 12.5 Å². The van der Waals surface area contributed by atoms with E-state index in [2.05, 4.69) is 23.7 Å². The van der Waals surface area contributed by atoms with E-state index in [0.717, 1.165) is 19.5 Å². The molecule has 1 aromatic heterocycles. The molecule has 0 bridgehead atoms. The van der Waals surface area contributed by atoms with Crippen molar-refractivity contribution in [2.45, 2.75) is 38.8 Å². The molecule has 1 atom stereocenters. The third-order valence-corrected chi connectivity index (χ3v) is 4.37. The number of aryl methyl sites for hydroxylation is 1. The maximum absolute atomic E-state index is 12.0. The lowest BCUT2D eigenvalue weighted by molar-refractivity contribution is -0.130. The zero-order valence-electron chi connectivity index (χ0n) is 10.5. The highest BCUT2D eigenvalue weighted by Crippen LogP contribution is 2.18. The Morgan fingerprint density at radius 1 is 1.65 bits per heavy atom. The summed E-state index contributed by atoms with van der Waals surface area (Å²) in [5.41, 5.74) is 1.29. The first-order valence-electron chi connectivity index (χ1n) is 6.17. The summed E-state index contributed by atoms with van der Waals surface area (Å²) in [7, 11) is 1.90. The Morgan fingerprint density at radius 2 is 2.47 bits per heavy atom. The average Bonchev–Trinajstić information content (AvgIpc) is 2.91. The largest absolute Gasteiger partial charge is 0.341 e. The summed E-state index contributed by atoms with van der Waals surface area (Å²) in [5.74, 6) is 0.247. The van der Waals surface area contributed by atoms with Gasteiger partial charge in [0.15, 0.2) is 0 Å². The molecular weight excluding hydrogens is 232 g/mol. The molecule has 1 saturated heterocycles. The molecule has 0 aliphatic carbocycles. The quantitative estimate of drug-likeness (QED) is 0.890. The lowest BCUT2D eigenvalue weighted by atomic mass is 10.1. The average molecular weight is 252 g/mol. The Hall–Kier alpha value is -0.870. The Morgan fingerprint density at radius 3 is 3.06 bits per heavy atom. The van der Waals surface area contributed by atoms with Crippen LogP contribution in [0.2, 0.25) is 0 Å². The minimum atomic E-state index is 0.247. The van der Waals surface area contributed by atoms with Crippen LogP contribution in [0.4, 0.5) is 0 Å². The van der Waals surface area contributed by atoms with Crippen LogP contribution in [0.1, 0.15) is 29.7 Å². The van der Waals surface area contributed by atoms with E-state index in [9.17, 15) is 4.79 Å². The lowest BCUT2D eigenvalue weighted by Gasteiger charge is -2.19. The van der Waals surface area contributed by atoms with Gasteiger partial charge >= 0.3 is 0 Å². The number of carbonyl (C=O) groups is 1. The fourth-order valence-corrected chi connectivity index (χ4v) is 3.13. The van der Waals surface area contributed by atoms with Crippen molar-refractivity contribution in [1.29, 1.82) is 0 Å². The van der Waals surface area contributed by atoms with E-state index in [1.807, 2.05) is 11.9 Å². The molecule has 1 fully saturated rings. The molecule has 0 aromatic carbocycles. The highest BCUT2D eigenvalue weighted by Gasteiger charge is 2.20. The van der Waals surface area contributed by atoms with Crippen LogP contribution in [-0.4, -0.2) is 30.4 Å². The Balaban J connectivity index is 1.84. The van der Waals surface area contributed by atoms with Crippen LogP contribution in [0.3, 0.4) is 0 Å². The second-order valence-electron chi connectivity index (χ2n) is 4.77. The number of rotatable bonds is 4. The first-order chi connectivity index (χ1) is 8.16. The van der Waals surface area contributed by atoms with Crippen LogP contribution in [0.15, 0.2) is 11.4 Å². The van der Waals surface area contributed by atoms with Gasteiger partial charge in [0.25, 0.3) is 0 Å². The molecule has 2 heterocycles. The Kier molecular flexibility index (Phi) is 4.18. The van der Waals surface area contributed by atoms with E-state index in [1.165, 1.54) is 16.9 Å². The minimum absolute atomic E-state index is 0.247. The summed E-state index contributed by atoms with van der Waals surface area (Å²) in [6, 6.07) is 2.51. The predicted molar refractivity (Wildman–Crippen MR) is 71.2 cm³/mol. The fraction of sp³-hybridized carbons (Fsp3) is 0.615. The molecule has 1 unspecified atom stereocenters. The third kappa shape index (κ3) is 3.30. The monoisotopic (exact) mass is 252 g/mol. The van der Waals surface area contributed by atoms with Gasteiger partial charge in [-0.3, -0.25) is 4.79 Å². The second-order valence-corrected chi connectivity index (χ2v) is 5.77. The zero-order chi connectivity index (χ0) is 12.3. The van der Waals surface area contributed by atoms with Crippen LogP contribution in [-0.2, 0) is 11.3 Å². The summed E-state index contributed by atoms with van der Waals surface area (Å²) in [6.45, 7) is 3.91. The number of hydrogen-bond acceptors (Lipinski definition) is 3. The molecule has 2 rings (SSSR count). The van der Waals surface area contributed by atoms with Crippen molar-refractivity contribution in [2.24, 2.45) is 0 Å². The first kappa shape index (κ1) is 12.6. The van der Waals surface area contributed by atoms with Crippen LogP contribution in [0.5, 0.6) is 0 Å². The molecule has 0 radical (unpaired) electrons. The minimum Gasteiger partial charge on any atom is -0.341 e. The number of thiophene rings is 1. The van der Waals surface area contributed by atoms with E-state index in [4.69, 9.17) is 0 Å². The zero-order valence-corrected chi connectivity index (χ0v) is 11.3. The normalized spacial score (nSPS) is 19.5. The van der Waals surface area contributed by atoms with Crippen LogP contribution >= 0.6 is 11.3 Å². The maximum Gasteiger partial charge on any atom is 0.224 e. The summed E-state index contributed by atoms with van der Waals surface area (Å²) < 4.78 is 0. The Labute approximate surface area is 107 Å². The molecule has 94 valence electrons. The first-order valence-corrected chi connectivity index (χ1v) is 7.05. The van der Waals surface area contributed by atoms with Gasteiger partial charge in [-0.2, -0.15) is 0 Å². The fourth-order valence-electron chi connectivity index (χ4n) is 2.17. The number of carbonyl (C=O) groups excluding carboxylic acids is 1. The van der Waals surface area contributed by atoms with Crippen molar-refractivity contribution in [1.82, 2.24) is 10.2 Å². The Bertz CT molecular complexity index is 383. The number of nitrogens with one attached hydrogen (secondary N) is 1. The lowest BCUT2D eigenvalue weighted by Crippen LogP contribution is -2.33. The highest BCUT2D eigenvalue weighted by atomic mass is 32.1. The highest BCUT2D eigenvalue weighted by molar-refractivity contribution is 7.10.